The monoisotopic (exact) mass is 246 g/mol. The summed E-state index contributed by atoms with van der Waals surface area (Å²) in [7, 11) is 1.55. The average molecular weight is 247 g/mol. The lowest BCUT2D eigenvalue weighted by Crippen LogP contribution is -2.02. The van der Waals surface area contributed by atoms with Gasteiger partial charge in [0, 0.05) is 17.7 Å². The molecule has 0 saturated carbocycles. The van der Waals surface area contributed by atoms with Crippen LogP contribution in [0.25, 0.3) is 0 Å². The van der Waals surface area contributed by atoms with Crippen molar-refractivity contribution < 1.29 is 9.47 Å². The van der Waals surface area contributed by atoms with Crippen LogP contribution in [0.2, 0.25) is 10.0 Å². The third-order valence-electron chi connectivity index (χ3n) is 1.82. The summed E-state index contributed by atoms with van der Waals surface area (Å²) in [5.74, 6) is 0.561. The SMILES string of the molecule is C=CCc1c(Cl)ccc(Cl)c1OCOC. The van der Waals surface area contributed by atoms with E-state index in [0.717, 1.165) is 5.56 Å². The van der Waals surface area contributed by atoms with E-state index in [-0.39, 0.29) is 6.79 Å². The van der Waals surface area contributed by atoms with Crippen LogP contribution in [-0.4, -0.2) is 13.9 Å². The number of halogens is 2. The Morgan fingerprint density at radius 2 is 2.00 bits per heavy atom. The van der Waals surface area contributed by atoms with Crippen molar-refractivity contribution in [1.82, 2.24) is 0 Å². The molecule has 1 aromatic carbocycles. The quantitative estimate of drug-likeness (QED) is 0.583. The molecule has 0 N–H and O–H groups in total. The van der Waals surface area contributed by atoms with Crippen molar-refractivity contribution in [3.63, 3.8) is 0 Å². The maximum absolute atomic E-state index is 6.03. The Balaban J connectivity index is 3.06. The summed E-state index contributed by atoms with van der Waals surface area (Å²) in [5, 5.41) is 1.14. The lowest BCUT2D eigenvalue weighted by molar-refractivity contribution is 0.0506. The molecule has 0 heterocycles. The summed E-state index contributed by atoms with van der Waals surface area (Å²) in [5.41, 5.74) is 0.830. The second-order valence-corrected chi connectivity index (χ2v) is 3.69. The van der Waals surface area contributed by atoms with E-state index in [1.165, 1.54) is 0 Å². The molecule has 0 unspecified atom stereocenters. The largest absolute Gasteiger partial charge is 0.466 e. The maximum atomic E-state index is 6.03. The molecule has 0 bridgehead atoms. The summed E-state index contributed by atoms with van der Waals surface area (Å²) in [6.07, 6.45) is 2.36. The lowest BCUT2D eigenvalue weighted by Gasteiger charge is -2.12. The van der Waals surface area contributed by atoms with Gasteiger partial charge in [0.25, 0.3) is 0 Å². The molecule has 82 valence electrons. The molecule has 0 aliphatic heterocycles. The van der Waals surface area contributed by atoms with Crippen molar-refractivity contribution >= 4 is 23.2 Å². The van der Waals surface area contributed by atoms with E-state index in [9.17, 15) is 0 Å². The van der Waals surface area contributed by atoms with E-state index in [0.29, 0.717) is 22.2 Å². The summed E-state index contributed by atoms with van der Waals surface area (Å²) in [4.78, 5) is 0. The maximum Gasteiger partial charge on any atom is 0.188 e. The number of methoxy groups -OCH3 is 1. The minimum Gasteiger partial charge on any atom is -0.466 e. The van der Waals surface area contributed by atoms with E-state index < -0.39 is 0 Å². The smallest absolute Gasteiger partial charge is 0.188 e. The average Bonchev–Trinajstić information content (AvgIpc) is 2.23. The van der Waals surface area contributed by atoms with Crippen molar-refractivity contribution in [2.45, 2.75) is 6.42 Å². The van der Waals surface area contributed by atoms with Gasteiger partial charge in [-0.2, -0.15) is 0 Å². The molecule has 1 rings (SSSR count). The summed E-state index contributed by atoms with van der Waals surface area (Å²) >= 11 is 12.0. The first-order valence-corrected chi connectivity index (χ1v) is 5.15. The summed E-state index contributed by atoms with van der Waals surface area (Å²) in [6, 6.07) is 3.43. The Bertz CT molecular complexity index is 351. The van der Waals surface area contributed by atoms with Crippen LogP contribution in [0.15, 0.2) is 24.8 Å². The fraction of sp³-hybridized carbons (Fsp3) is 0.273. The van der Waals surface area contributed by atoms with Crippen LogP contribution in [0.1, 0.15) is 5.56 Å². The second-order valence-electron chi connectivity index (χ2n) is 2.88. The minimum absolute atomic E-state index is 0.143. The first-order chi connectivity index (χ1) is 7.20. The normalized spacial score (nSPS) is 10.1. The third-order valence-corrected chi connectivity index (χ3v) is 2.48. The molecule has 0 aromatic heterocycles. The molecule has 15 heavy (non-hydrogen) atoms. The molecular formula is C11H12Cl2O2. The topological polar surface area (TPSA) is 18.5 Å². The van der Waals surface area contributed by atoms with Crippen molar-refractivity contribution in [3.8, 4) is 5.75 Å². The van der Waals surface area contributed by atoms with E-state index in [1.807, 2.05) is 0 Å². The van der Waals surface area contributed by atoms with Gasteiger partial charge in [0.05, 0.1) is 5.02 Å². The van der Waals surface area contributed by atoms with Crippen LogP contribution in [-0.2, 0) is 11.2 Å². The van der Waals surface area contributed by atoms with Gasteiger partial charge in [0.15, 0.2) is 6.79 Å². The zero-order chi connectivity index (χ0) is 11.3. The van der Waals surface area contributed by atoms with E-state index in [1.54, 1.807) is 25.3 Å². The molecule has 2 nitrogen and oxygen atoms in total. The van der Waals surface area contributed by atoms with Gasteiger partial charge in [-0.1, -0.05) is 29.3 Å². The predicted octanol–water partition coefficient (Wildman–Crippen LogP) is 3.70. The van der Waals surface area contributed by atoms with Gasteiger partial charge in [-0.25, -0.2) is 0 Å². The number of hydrogen-bond donors (Lipinski definition) is 0. The van der Waals surface area contributed by atoms with E-state index in [4.69, 9.17) is 32.7 Å². The van der Waals surface area contributed by atoms with Crippen molar-refractivity contribution in [2.24, 2.45) is 0 Å². The predicted molar refractivity (Wildman–Crippen MR) is 62.9 cm³/mol. The highest BCUT2D eigenvalue weighted by molar-refractivity contribution is 6.34. The van der Waals surface area contributed by atoms with E-state index in [2.05, 4.69) is 6.58 Å². The fourth-order valence-electron chi connectivity index (χ4n) is 1.18. The molecule has 0 spiro atoms. The Kier molecular flexibility index (Phi) is 4.95. The molecule has 4 heteroatoms. The first-order valence-electron chi connectivity index (χ1n) is 4.40. The summed E-state index contributed by atoms with van der Waals surface area (Å²) in [6.45, 7) is 3.80. The lowest BCUT2D eigenvalue weighted by atomic mass is 10.1. The van der Waals surface area contributed by atoms with Gasteiger partial charge < -0.3 is 9.47 Å². The van der Waals surface area contributed by atoms with Crippen molar-refractivity contribution in [3.05, 3.63) is 40.4 Å². The highest BCUT2D eigenvalue weighted by Crippen LogP contribution is 2.34. The molecule has 0 amide bonds. The van der Waals surface area contributed by atoms with Crippen LogP contribution in [0.4, 0.5) is 0 Å². The van der Waals surface area contributed by atoms with Crippen LogP contribution in [0.3, 0.4) is 0 Å². The minimum atomic E-state index is 0.143. The number of benzene rings is 1. The zero-order valence-electron chi connectivity index (χ0n) is 8.43. The van der Waals surface area contributed by atoms with E-state index >= 15 is 0 Å². The molecule has 1 aromatic rings. The van der Waals surface area contributed by atoms with Crippen LogP contribution in [0.5, 0.6) is 5.75 Å². The molecule has 0 aliphatic carbocycles. The standard InChI is InChI=1S/C11H12Cl2O2/c1-3-4-8-9(12)5-6-10(13)11(8)15-7-14-2/h3,5-6H,1,4,7H2,2H3. The Labute approximate surface area is 99.4 Å². The van der Waals surface area contributed by atoms with Gasteiger partial charge in [-0.15, -0.1) is 6.58 Å². The number of hydrogen-bond acceptors (Lipinski definition) is 2. The van der Waals surface area contributed by atoms with Crippen molar-refractivity contribution in [1.29, 1.82) is 0 Å². The first kappa shape index (κ1) is 12.4. The third kappa shape index (κ3) is 3.13. The molecule has 0 aliphatic rings. The fourth-order valence-corrected chi connectivity index (χ4v) is 1.64. The Morgan fingerprint density at radius 1 is 1.33 bits per heavy atom. The molecular weight excluding hydrogens is 235 g/mol. The van der Waals surface area contributed by atoms with Crippen LogP contribution in [0, 0.1) is 0 Å². The van der Waals surface area contributed by atoms with Crippen LogP contribution >= 0.6 is 23.2 Å². The Hall–Kier alpha value is -0.700. The number of rotatable bonds is 5. The zero-order valence-corrected chi connectivity index (χ0v) is 9.94. The molecule has 0 radical (unpaired) electrons. The molecule has 0 fully saturated rings. The van der Waals surface area contributed by atoms with Gasteiger partial charge in [-0.3, -0.25) is 0 Å². The highest BCUT2D eigenvalue weighted by atomic mass is 35.5. The number of allylic oxidation sites excluding steroid dienone is 1. The molecule has 0 saturated heterocycles. The van der Waals surface area contributed by atoms with Gasteiger partial charge in [0.1, 0.15) is 5.75 Å². The van der Waals surface area contributed by atoms with Crippen molar-refractivity contribution in [2.75, 3.05) is 13.9 Å². The van der Waals surface area contributed by atoms with Gasteiger partial charge >= 0.3 is 0 Å². The molecule has 0 atom stereocenters. The number of ether oxygens (including phenoxy) is 2. The Morgan fingerprint density at radius 3 is 2.60 bits per heavy atom. The van der Waals surface area contributed by atoms with Gasteiger partial charge in [-0.05, 0) is 18.6 Å². The van der Waals surface area contributed by atoms with Crippen LogP contribution < -0.4 is 4.74 Å². The second kappa shape index (κ2) is 6.01. The summed E-state index contributed by atoms with van der Waals surface area (Å²) < 4.78 is 10.2. The highest BCUT2D eigenvalue weighted by Gasteiger charge is 2.11. The van der Waals surface area contributed by atoms with Gasteiger partial charge in [0.2, 0.25) is 0 Å².